The van der Waals surface area contributed by atoms with Crippen LogP contribution in [-0.2, 0) is 42.8 Å². The molecule has 63 heavy (non-hydrogen) atoms. The second-order valence-electron chi connectivity index (χ2n) is 16.8. The molecule has 1 fully saturated rings. The molecular formula is C52H92N2O9. The zero-order chi connectivity index (χ0) is 45.7. The van der Waals surface area contributed by atoms with Gasteiger partial charge in [-0.15, -0.1) is 0 Å². The number of allylic oxidation sites excluding steroid dienone is 8. The zero-order valence-corrected chi connectivity index (χ0v) is 40.6. The van der Waals surface area contributed by atoms with Crippen molar-refractivity contribution in [3.63, 3.8) is 0 Å². The van der Waals surface area contributed by atoms with E-state index in [-0.39, 0.29) is 62.9 Å². The van der Waals surface area contributed by atoms with E-state index in [2.05, 4.69) is 62.5 Å². The lowest BCUT2D eigenvalue weighted by atomic mass is 10.1. The fourth-order valence-electron chi connectivity index (χ4n) is 7.33. The van der Waals surface area contributed by atoms with Crippen molar-refractivity contribution in [3.8, 4) is 0 Å². The molecule has 1 amide bonds. The standard InChI is InChI=1S/C52H92N2O9/c1-5-7-9-11-13-15-17-19-21-23-25-27-29-31-33-35-51(56)62-39-37-54(50(55)47-53-45-48(60-43-41-58-3)49(46-53)61-44-42-59-4)38-40-63-52(57)36-34-32-30-28-26-24-22-20-18-16-14-12-10-8-6-2/h13-16,19-22,48-49H,5-12,17-18,23-47H2,1-4H3/b15-13-,16-14-,21-19-,22-20-/t48-,49-/m0/s1. The van der Waals surface area contributed by atoms with E-state index >= 15 is 0 Å². The van der Waals surface area contributed by atoms with Crippen molar-refractivity contribution in [1.82, 2.24) is 9.80 Å². The van der Waals surface area contributed by atoms with Gasteiger partial charge in [-0.05, 0) is 77.0 Å². The molecule has 0 unspecified atom stereocenters. The predicted molar refractivity (Wildman–Crippen MR) is 257 cm³/mol. The summed E-state index contributed by atoms with van der Waals surface area (Å²) < 4.78 is 33.6. The topological polar surface area (TPSA) is 113 Å². The van der Waals surface area contributed by atoms with Gasteiger partial charge in [0.1, 0.15) is 13.2 Å². The van der Waals surface area contributed by atoms with Crippen molar-refractivity contribution in [2.24, 2.45) is 0 Å². The average molecular weight is 889 g/mol. The van der Waals surface area contributed by atoms with Crippen molar-refractivity contribution < 1.29 is 42.8 Å². The Morgan fingerprint density at radius 2 is 0.873 bits per heavy atom. The van der Waals surface area contributed by atoms with E-state index in [0.717, 1.165) is 89.9 Å². The Morgan fingerprint density at radius 3 is 1.27 bits per heavy atom. The number of hydrogen-bond donors (Lipinski definition) is 0. The van der Waals surface area contributed by atoms with Crippen LogP contribution < -0.4 is 0 Å². The Hall–Kier alpha value is -2.83. The number of carbonyl (C=O) groups excluding carboxylic acids is 3. The SMILES string of the molecule is CCCCC/C=C\C/C=C\CCCCCCCC(=O)OCCN(CCOC(=O)CCCCCCC/C=C\C/C=C\CCCCC)C(=O)CN1C[C@H](OCCOC)[C@@H](OCCOC)C1. The summed E-state index contributed by atoms with van der Waals surface area (Å²) in [4.78, 5) is 42.6. The summed E-state index contributed by atoms with van der Waals surface area (Å²) in [5.74, 6) is -0.621. The minimum atomic E-state index is -0.247. The third-order valence-electron chi connectivity index (χ3n) is 11.2. The molecule has 0 spiro atoms. The number of rotatable bonds is 44. The van der Waals surface area contributed by atoms with Crippen molar-refractivity contribution in [2.75, 3.05) is 86.6 Å². The molecule has 0 bridgehead atoms. The van der Waals surface area contributed by atoms with Crippen LogP contribution in [0.1, 0.15) is 168 Å². The van der Waals surface area contributed by atoms with Crippen LogP contribution in [0.15, 0.2) is 48.6 Å². The van der Waals surface area contributed by atoms with Crippen LogP contribution in [0.5, 0.6) is 0 Å². The molecule has 0 aromatic carbocycles. The van der Waals surface area contributed by atoms with E-state index in [1.807, 2.05) is 4.90 Å². The van der Waals surface area contributed by atoms with Crippen molar-refractivity contribution in [1.29, 1.82) is 0 Å². The second-order valence-corrected chi connectivity index (χ2v) is 16.8. The molecule has 0 N–H and O–H groups in total. The number of carbonyl (C=O) groups is 3. The van der Waals surface area contributed by atoms with Gasteiger partial charge in [0.15, 0.2) is 0 Å². The molecule has 1 heterocycles. The minimum Gasteiger partial charge on any atom is -0.464 e. The monoisotopic (exact) mass is 889 g/mol. The lowest BCUT2D eigenvalue weighted by molar-refractivity contribution is -0.148. The first-order valence-corrected chi connectivity index (χ1v) is 25.1. The van der Waals surface area contributed by atoms with Gasteiger partial charge >= 0.3 is 11.9 Å². The molecule has 0 aliphatic carbocycles. The molecule has 1 saturated heterocycles. The summed E-state index contributed by atoms with van der Waals surface area (Å²) in [5.41, 5.74) is 0. The number of amides is 1. The highest BCUT2D eigenvalue weighted by molar-refractivity contribution is 5.78. The number of likely N-dealkylation sites (tertiary alicyclic amines) is 1. The summed E-state index contributed by atoms with van der Waals surface area (Å²) in [7, 11) is 3.27. The summed E-state index contributed by atoms with van der Waals surface area (Å²) in [6, 6.07) is 0. The maximum absolute atomic E-state index is 13.7. The van der Waals surface area contributed by atoms with Gasteiger partial charge in [-0.1, -0.05) is 127 Å². The van der Waals surface area contributed by atoms with Gasteiger partial charge in [0.25, 0.3) is 0 Å². The number of unbranched alkanes of at least 4 members (excludes halogenated alkanes) is 16. The molecule has 11 nitrogen and oxygen atoms in total. The number of methoxy groups -OCH3 is 2. The van der Waals surface area contributed by atoms with Crippen LogP contribution in [0.25, 0.3) is 0 Å². The van der Waals surface area contributed by atoms with Crippen LogP contribution in [0.4, 0.5) is 0 Å². The molecule has 11 heteroatoms. The molecule has 0 saturated carbocycles. The minimum absolute atomic E-state index is 0.0935. The van der Waals surface area contributed by atoms with Gasteiger partial charge < -0.3 is 33.3 Å². The Morgan fingerprint density at radius 1 is 0.492 bits per heavy atom. The highest BCUT2D eigenvalue weighted by Crippen LogP contribution is 2.18. The van der Waals surface area contributed by atoms with Crippen LogP contribution in [0.2, 0.25) is 0 Å². The van der Waals surface area contributed by atoms with Gasteiger partial charge in [0.05, 0.1) is 58.3 Å². The smallest absolute Gasteiger partial charge is 0.305 e. The fraction of sp³-hybridized carbons (Fsp3) is 0.788. The molecule has 1 aliphatic rings. The summed E-state index contributed by atoms with van der Waals surface area (Å²) in [5, 5.41) is 0. The number of nitrogens with zero attached hydrogens (tertiary/aromatic N) is 2. The lowest BCUT2D eigenvalue weighted by Gasteiger charge is -2.25. The van der Waals surface area contributed by atoms with Crippen molar-refractivity contribution >= 4 is 17.8 Å². The first kappa shape index (κ1) is 58.2. The number of ether oxygens (including phenoxy) is 6. The first-order valence-electron chi connectivity index (χ1n) is 25.1. The lowest BCUT2D eigenvalue weighted by Crippen LogP contribution is -2.43. The van der Waals surface area contributed by atoms with Gasteiger partial charge in [0.2, 0.25) is 5.91 Å². The number of esters is 2. The van der Waals surface area contributed by atoms with Crippen LogP contribution in [0.3, 0.4) is 0 Å². The van der Waals surface area contributed by atoms with Gasteiger partial charge in [0, 0.05) is 40.2 Å². The maximum atomic E-state index is 13.7. The first-order chi connectivity index (χ1) is 30.9. The molecule has 1 aliphatic heterocycles. The van der Waals surface area contributed by atoms with E-state index in [4.69, 9.17) is 28.4 Å². The molecule has 0 aromatic rings. The van der Waals surface area contributed by atoms with Crippen LogP contribution in [0, 0.1) is 0 Å². The molecular weight excluding hydrogens is 797 g/mol. The van der Waals surface area contributed by atoms with E-state index < -0.39 is 0 Å². The van der Waals surface area contributed by atoms with E-state index in [1.54, 1.807) is 19.1 Å². The fourth-order valence-corrected chi connectivity index (χ4v) is 7.33. The largest absolute Gasteiger partial charge is 0.464 e. The van der Waals surface area contributed by atoms with Gasteiger partial charge in [-0.3, -0.25) is 19.3 Å². The van der Waals surface area contributed by atoms with Crippen molar-refractivity contribution in [2.45, 2.75) is 180 Å². The highest BCUT2D eigenvalue weighted by Gasteiger charge is 2.35. The summed E-state index contributed by atoms with van der Waals surface area (Å²) in [6.45, 7) is 8.12. The highest BCUT2D eigenvalue weighted by atomic mass is 16.6. The second kappa shape index (κ2) is 44.4. The molecule has 2 atom stereocenters. The Bertz CT molecular complexity index is 1120. The van der Waals surface area contributed by atoms with E-state index in [1.165, 1.54) is 51.4 Å². The molecule has 1 rings (SSSR count). The Labute approximate surface area is 384 Å². The number of hydrogen-bond acceptors (Lipinski definition) is 10. The zero-order valence-electron chi connectivity index (χ0n) is 40.6. The average Bonchev–Trinajstić information content (AvgIpc) is 3.66. The normalized spacial score (nSPS) is 15.8. The predicted octanol–water partition coefficient (Wildman–Crippen LogP) is 10.9. The van der Waals surface area contributed by atoms with Gasteiger partial charge in [-0.25, -0.2) is 0 Å². The third kappa shape index (κ3) is 36.1. The summed E-state index contributed by atoms with van der Waals surface area (Å²) in [6.07, 6.45) is 43.2. The Balaban J connectivity index is 2.47. The van der Waals surface area contributed by atoms with E-state index in [9.17, 15) is 14.4 Å². The van der Waals surface area contributed by atoms with E-state index in [0.29, 0.717) is 52.4 Å². The van der Waals surface area contributed by atoms with Crippen LogP contribution in [-0.4, -0.2) is 126 Å². The third-order valence-corrected chi connectivity index (χ3v) is 11.2. The molecule has 0 radical (unpaired) electrons. The maximum Gasteiger partial charge on any atom is 0.305 e. The summed E-state index contributed by atoms with van der Waals surface area (Å²) >= 11 is 0. The van der Waals surface area contributed by atoms with Gasteiger partial charge in [-0.2, -0.15) is 0 Å². The Kier molecular flexibility index (Phi) is 41.0. The van der Waals surface area contributed by atoms with Crippen LogP contribution >= 0.6 is 0 Å². The quantitative estimate of drug-likeness (QED) is 0.0333. The molecule has 0 aromatic heterocycles. The molecule has 364 valence electrons. The van der Waals surface area contributed by atoms with Crippen molar-refractivity contribution in [3.05, 3.63) is 48.6 Å².